The number of aliphatic hydroxyl groups excluding tert-OH is 1. The van der Waals surface area contributed by atoms with Crippen LogP contribution in [0.2, 0.25) is 0 Å². The number of halogens is 4. The lowest BCUT2D eigenvalue weighted by molar-refractivity contribution is -0.0885. The summed E-state index contributed by atoms with van der Waals surface area (Å²) < 4.78 is 57.6. The zero-order valence-corrected chi connectivity index (χ0v) is 19.0. The Hall–Kier alpha value is -2.60. The molecule has 3 aliphatic heterocycles. The van der Waals surface area contributed by atoms with Gasteiger partial charge in [0.1, 0.15) is 18.6 Å². The highest BCUT2D eigenvalue weighted by atomic mass is 19.3. The number of hydrogen-bond donors (Lipinski definition) is 2. The summed E-state index contributed by atoms with van der Waals surface area (Å²) in [5, 5.41) is 14.8. The molecule has 188 valence electrons. The van der Waals surface area contributed by atoms with E-state index in [0.717, 1.165) is 36.4 Å². The molecule has 2 aromatic rings. The van der Waals surface area contributed by atoms with Gasteiger partial charge in [0.2, 0.25) is 0 Å². The van der Waals surface area contributed by atoms with E-state index in [9.17, 15) is 22.7 Å². The molecule has 2 saturated carbocycles. The van der Waals surface area contributed by atoms with Crippen molar-refractivity contribution in [2.75, 3.05) is 25.2 Å². The van der Waals surface area contributed by atoms with Crippen molar-refractivity contribution >= 4 is 5.84 Å². The van der Waals surface area contributed by atoms with Crippen molar-refractivity contribution in [1.82, 2.24) is 24.3 Å². The van der Waals surface area contributed by atoms with Crippen LogP contribution in [-0.4, -0.2) is 79.2 Å². The van der Waals surface area contributed by atoms with Crippen molar-refractivity contribution in [3.05, 3.63) is 30.4 Å². The van der Waals surface area contributed by atoms with E-state index in [-0.39, 0.29) is 12.1 Å². The molecular formula is C23H27F4N7O. The van der Waals surface area contributed by atoms with Gasteiger partial charge in [-0.15, -0.1) is 0 Å². The van der Waals surface area contributed by atoms with E-state index in [2.05, 4.69) is 20.4 Å². The molecule has 4 fully saturated rings. The maximum Gasteiger partial charge on any atom is 0.333 e. The second kappa shape index (κ2) is 7.22. The molecule has 35 heavy (non-hydrogen) atoms. The van der Waals surface area contributed by atoms with E-state index in [0.29, 0.717) is 42.8 Å². The third-order valence-corrected chi connectivity index (χ3v) is 8.91. The summed E-state index contributed by atoms with van der Waals surface area (Å²) in [6.07, 6.45) is 6.99. The SMILES string of the molecule is OC(C1C(F)(F)C12CCC2)N1C2CCC1CN(C1=NCNn3cc(-c4cnn(C(F)F)c4)cc31)C2. The van der Waals surface area contributed by atoms with Gasteiger partial charge < -0.3 is 15.4 Å². The molecule has 0 aromatic carbocycles. The highest BCUT2D eigenvalue weighted by molar-refractivity contribution is 5.99. The van der Waals surface area contributed by atoms with E-state index >= 15 is 0 Å². The van der Waals surface area contributed by atoms with Crippen molar-refractivity contribution in [1.29, 1.82) is 0 Å². The second-order valence-corrected chi connectivity index (χ2v) is 10.5. The highest BCUT2D eigenvalue weighted by Crippen LogP contribution is 2.76. The Bertz CT molecular complexity index is 1170. The second-order valence-electron chi connectivity index (χ2n) is 10.5. The zero-order valence-electron chi connectivity index (χ0n) is 19.0. The first-order chi connectivity index (χ1) is 16.8. The molecule has 5 heterocycles. The normalized spacial score (nSPS) is 31.2. The molecule has 4 atom stereocenters. The number of aliphatic imine (C=N–C) groups is 1. The molecule has 12 heteroatoms. The molecule has 2 saturated heterocycles. The van der Waals surface area contributed by atoms with Crippen LogP contribution in [0.1, 0.15) is 44.3 Å². The predicted molar refractivity (Wildman–Crippen MR) is 119 cm³/mol. The first-order valence-corrected chi connectivity index (χ1v) is 12.2. The molecule has 2 aliphatic carbocycles. The van der Waals surface area contributed by atoms with Crippen molar-refractivity contribution < 1.29 is 22.7 Å². The van der Waals surface area contributed by atoms with Crippen LogP contribution in [0.25, 0.3) is 11.1 Å². The molecule has 2 bridgehead atoms. The van der Waals surface area contributed by atoms with Crippen molar-refractivity contribution in [2.45, 2.75) is 62.9 Å². The molecule has 5 aliphatic rings. The fraction of sp³-hybridized carbons (Fsp3) is 0.652. The number of fused-ring (bicyclic) bond motifs is 3. The monoisotopic (exact) mass is 493 g/mol. The summed E-state index contributed by atoms with van der Waals surface area (Å²) in [5.74, 6) is -2.94. The largest absolute Gasteiger partial charge is 0.378 e. The molecule has 2 N–H and O–H groups in total. The number of nitrogens with zero attached hydrogens (tertiary/aromatic N) is 6. The standard InChI is InChI=1S/C23H27F4N7O/c24-21(25)33-9-14(7-29-33)13-6-17-19(28-12-30-32(17)8-13)31-10-15-2-3-16(11-31)34(15)20(35)18-22(4-1-5-22)23(18,26)27/h6-9,15-16,18,20-21,30,35H,1-5,10-12H2. The van der Waals surface area contributed by atoms with Gasteiger partial charge in [-0.05, 0) is 31.7 Å². The van der Waals surface area contributed by atoms with Gasteiger partial charge in [-0.3, -0.25) is 9.58 Å². The third-order valence-electron chi connectivity index (χ3n) is 8.91. The van der Waals surface area contributed by atoms with Crippen LogP contribution < -0.4 is 5.43 Å². The number of rotatable bonds is 4. The Morgan fingerprint density at radius 3 is 2.43 bits per heavy atom. The molecular weight excluding hydrogens is 466 g/mol. The summed E-state index contributed by atoms with van der Waals surface area (Å²) in [5.41, 5.74) is 4.32. The molecule has 4 unspecified atom stereocenters. The van der Waals surface area contributed by atoms with E-state index in [1.165, 1.54) is 12.4 Å². The molecule has 8 nitrogen and oxygen atoms in total. The minimum absolute atomic E-state index is 0.0120. The van der Waals surface area contributed by atoms with Crippen molar-refractivity contribution in [2.24, 2.45) is 16.3 Å². The highest BCUT2D eigenvalue weighted by Gasteiger charge is 2.84. The average Bonchev–Trinajstić information content (AvgIpc) is 3.27. The molecule has 7 rings (SSSR count). The van der Waals surface area contributed by atoms with Gasteiger partial charge in [0, 0.05) is 54.1 Å². The van der Waals surface area contributed by atoms with E-state index in [1.54, 1.807) is 0 Å². The van der Waals surface area contributed by atoms with Crippen LogP contribution in [-0.2, 0) is 0 Å². The summed E-state index contributed by atoms with van der Waals surface area (Å²) >= 11 is 0. The van der Waals surface area contributed by atoms with Gasteiger partial charge >= 0.3 is 6.55 Å². The summed E-state index contributed by atoms with van der Waals surface area (Å²) in [6, 6.07) is 1.87. The Kier molecular flexibility index (Phi) is 4.47. The Morgan fingerprint density at radius 2 is 1.83 bits per heavy atom. The predicted octanol–water partition coefficient (Wildman–Crippen LogP) is 2.91. The zero-order chi connectivity index (χ0) is 24.1. The van der Waals surface area contributed by atoms with E-state index in [4.69, 9.17) is 0 Å². The van der Waals surface area contributed by atoms with E-state index in [1.807, 2.05) is 21.8 Å². The first-order valence-electron chi connectivity index (χ1n) is 12.2. The number of amidine groups is 1. The van der Waals surface area contributed by atoms with Crippen LogP contribution in [0.3, 0.4) is 0 Å². The minimum atomic E-state index is -2.77. The van der Waals surface area contributed by atoms with Gasteiger partial charge in [-0.1, -0.05) is 6.42 Å². The number of piperazine rings is 1. The first kappa shape index (κ1) is 21.7. The van der Waals surface area contributed by atoms with E-state index < -0.39 is 30.0 Å². The Morgan fingerprint density at radius 1 is 1.09 bits per heavy atom. The molecule has 1 spiro atoms. The fourth-order valence-electron chi connectivity index (χ4n) is 6.97. The number of likely N-dealkylation sites (tertiary alicyclic amines) is 1. The lowest BCUT2D eigenvalue weighted by Gasteiger charge is -2.45. The topological polar surface area (TPSA) is 73.8 Å². The summed E-state index contributed by atoms with van der Waals surface area (Å²) in [7, 11) is 0. The molecule has 0 amide bonds. The lowest BCUT2D eigenvalue weighted by Crippen LogP contribution is -2.60. The van der Waals surface area contributed by atoms with Gasteiger partial charge in [0.25, 0.3) is 5.92 Å². The fourth-order valence-corrected chi connectivity index (χ4v) is 6.97. The smallest absolute Gasteiger partial charge is 0.333 e. The number of hydrogen-bond acceptors (Lipinski definition) is 6. The van der Waals surface area contributed by atoms with Crippen molar-refractivity contribution in [3.8, 4) is 11.1 Å². The average molecular weight is 494 g/mol. The van der Waals surface area contributed by atoms with Gasteiger partial charge in [0.15, 0.2) is 5.84 Å². The van der Waals surface area contributed by atoms with Gasteiger partial charge in [-0.25, -0.2) is 18.5 Å². The number of aromatic nitrogens is 3. The lowest BCUT2D eigenvalue weighted by atomic mass is 9.79. The van der Waals surface area contributed by atoms with Crippen LogP contribution in [0.4, 0.5) is 17.6 Å². The van der Waals surface area contributed by atoms with Crippen molar-refractivity contribution in [3.63, 3.8) is 0 Å². The molecule has 2 aromatic heterocycles. The molecule has 0 radical (unpaired) electrons. The number of aliphatic hydroxyl groups is 1. The van der Waals surface area contributed by atoms with Gasteiger partial charge in [-0.2, -0.15) is 13.9 Å². The number of nitrogens with one attached hydrogen (secondary N) is 1. The maximum atomic E-state index is 14.6. The van der Waals surface area contributed by atoms with Crippen LogP contribution in [0, 0.1) is 11.3 Å². The summed E-state index contributed by atoms with van der Waals surface area (Å²) in [6.45, 7) is -1.14. The third kappa shape index (κ3) is 2.92. The Labute approximate surface area is 199 Å². The Balaban J connectivity index is 1.11. The van der Waals surface area contributed by atoms with Crippen LogP contribution >= 0.6 is 0 Å². The summed E-state index contributed by atoms with van der Waals surface area (Å²) in [4.78, 5) is 8.81. The van der Waals surface area contributed by atoms with Gasteiger partial charge in [0.05, 0.1) is 12.1 Å². The minimum Gasteiger partial charge on any atom is -0.378 e. The van der Waals surface area contributed by atoms with Crippen LogP contribution in [0.15, 0.2) is 29.6 Å². The van der Waals surface area contributed by atoms with Crippen LogP contribution in [0.5, 0.6) is 0 Å². The number of alkyl halides is 4. The maximum absolute atomic E-state index is 14.6. The quantitative estimate of drug-likeness (QED) is 0.641.